The molecule has 0 aliphatic carbocycles. The van der Waals surface area contributed by atoms with E-state index in [9.17, 15) is 9.59 Å². The van der Waals surface area contributed by atoms with Crippen LogP contribution < -0.4 is 10.6 Å². The largest absolute Gasteiger partial charge is 0.444 e. The Morgan fingerprint density at radius 3 is 2.42 bits per heavy atom. The van der Waals surface area contributed by atoms with E-state index in [1.54, 1.807) is 11.1 Å². The van der Waals surface area contributed by atoms with Crippen LogP contribution in [0.2, 0.25) is 0 Å². The molecule has 7 heteroatoms. The van der Waals surface area contributed by atoms with Crippen molar-refractivity contribution in [2.75, 3.05) is 23.7 Å². The van der Waals surface area contributed by atoms with E-state index < -0.39 is 5.60 Å². The average molecular weight is 447 g/mol. The molecule has 3 aromatic rings. The van der Waals surface area contributed by atoms with Crippen LogP contribution in [0.3, 0.4) is 0 Å². The highest BCUT2D eigenvalue weighted by Gasteiger charge is 2.27. The van der Waals surface area contributed by atoms with Gasteiger partial charge in [-0.1, -0.05) is 18.2 Å². The molecule has 172 valence electrons. The van der Waals surface area contributed by atoms with Gasteiger partial charge in [0, 0.05) is 42.1 Å². The molecule has 2 heterocycles. The van der Waals surface area contributed by atoms with E-state index in [2.05, 4.69) is 15.6 Å². The third kappa shape index (κ3) is 5.61. The second kappa shape index (κ2) is 9.48. The zero-order valence-corrected chi connectivity index (χ0v) is 19.3. The van der Waals surface area contributed by atoms with Crippen LogP contribution in [0.4, 0.5) is 16.2 Å². The van der Waals surface area contributed by atoms with Crippen molar-refractivity contribution in [1.29, 1.82) is 0 Å². The number of hydrogen-bond donors (Lipinski definition) is 2. The minimum atomic E-state index is -0.493. The molecule has 0 saturated carbocycles. The van der Waals surface area contributed by atoms with Crippen LogP contribution >= 0.6 is 0 Å². The van der Waals surface area contributed by atoms with E-state index in [1.165, 1.54) is 0 Å². The summed E-state index contributed by atoms with van der Waals surface area (Å²) in [4.78, 5) is 31.5. The Morgan fingerprint density at radius 1 is 1.00 bits per heavy atom. The van der Waals surface area contributed by atoms with Crippen LogP contribution in [-0.2, 0) is 4.74 Å². The van der Waals surface area contributed by atoms with Gasteiger partial charge in [0.1, 0.15) is 5.60 Å². The number of amides is 2. The number of aromatic nitrogens is 1. The third-order valence-electron chi connectivity index (χ3n) is 5.55. The molecule has 4 rings (SSSR count). The van der Waals surface area contributed by atoms with Crippen molar-refractivity contribution >= 4 is 34.3 Å². The monoisotopic (exact) mass is 446 g/mol. The Hall–Kier alpha value is -3.61. The number of para-hydroxylation sites is 1. The number of pyridine rings is 1. The van der Waals surface area contributed by atoms with Gasteiger partial charge in [-0.05, 0) is 70.0 Å². The molecule has 0 spiro atoms. The molecule has 1 saturated heterocycles. The molecular weight excluding hydrogens is 416 g/mol. The van der Waals surface area contributed by atoms with Gasteiger partial charge in [0.25, 0.3) is 5.91 Å². The SMILES string of the molecule is CC(C)(C)OC(=O)N1CCC(Nc2ccc(C(=O)Nc3ccccc3)c3ncccc23)CC1. The van der Waals surface area contributed by atoms with Gasteiger partial charge in [-0.15, -0.1) is 0 Å². The minimum absolute atomic E-state index is 0.192. The second-order valence-electron chi connectivity index (χ2n) is 9.27. The van der Waals surface area contributed by atoms with E-state index in [-0.39, 0.29) is 18.0 Å². The topological polar surface area (TPSA) is 83.6 Å². The Balaban J connectivity index is 1.46. The lowest BCUT2D eigenvalue weighted by Gasteiger charge is -2.34. The molecule has 1 aromatic heterocycles. The van der Waals surface area contributed by atoms with Crippen LogP contribution in [0.15, 0.2) is 60.8 Å². The standard InChI is InChI=1S/C26H30N4O3/c1-26(2,3)33-25(32)30-16-13-19(14-17-30)28-22-12-11-21(23-20(22)10-7-15-27-23)24(31)29-18-8-5-4-6-9-18/h4-12,15,19,28H,13-14,16-17H2,1-3H3,(H,29,31). The minimum Gasteiger partial charge on any atom is -0.444 e. The van der Waals surface area contributed by atoms with E-state index >= 15 is 0 Å². The lowest BCUT2D eigenvalue weighted by molar-refractivity contribution is 0.0210. The summed E-state index contributed by atoms with van der Waals surface area (Å²) in [5.41, 5.74) is 2.37. The van der Waals surface area contributed by atoms with E-state index in [0.717, 1.165) is 29.6 Å². The highest BCUT2D eigenvalue weighted by atomic mass is 16.6. The number of benzene rings is 2. The third-order valence-corrected chi connectivity index (χ3v) is 5.55. The Labute approximate surface area is 194 Å². The van der Waals surface area contributed by atoms with E-state index in [1.807, 2.05) is 75.4 Å². The second-order valence-corrected chi connectivity index (χ2v) is 9.27. The molecule has 0 unspecified atom stereocenters. The maximum absolute atomic E-state index is 12.9. The number of likely N-dealkylation sites (tertiary alicyclic amines) is 1. The van der Waals surface area contributed by atoms with Gasteiger partial charge in [0.05, 0.1) is 11.1 Å². The fourth-order valence-electron chi connectivity index (χ4n) is 3.95. The summed E-state index contributed by atoms with van der Waals surface area (Å²) in [7, 11) is 0. The van der Waals surface area contributed by atoms with Crippen molar-refractivity contribution < 1.29 is 14.3 Å². The normalized spacial score (nSPS) is 14.7. The highest BCUT2D eigenvalue weighted by molar-refractivity contribution is 6.13. The van der Waals surface area contributed by atoms with Gasteiger partial charge in [0.2, 0.25) is 0 Å². The molecule has 0 bridgehead atoms. The molecule has 0 radical (unpaired) electrons. The van der Waals surface area contributed by atoms with Gasteiger partial charge < -0.3 is 20.3 Å². The Kier molecular flexibility index (Phi) is 6.49. The summed E-state index contributed by atoms with van der Waals surface area (Å²) in [5.74, 6) is -0.192. The number of piperidine rings is 1. The maximum Gasteiger partial charge on any atom is 0.410 e. The van der Waals surface area contributed by atoms with Gasteiger partial charge in [-0.2, -0.15) is 0 Å². The van der Waals surface area contributed by atoms with Crippen molar-refractivity contribution in [1.82, 2.24) is 9.88 Å². The first-order valence-electron chi connectivity index (χ1n) is 11.3. The van der Waals surface area contributed by atoms with Crippen molar-refractivity contribution in [3.05, 3.63) is 66.4 Å². The molecule has 33 heavy (non-hydrogen) atoms. The predicted octanol–water partition coefficient (Wildman–Crippen LogP) is 5.30. The first kappa shape index (κ1) is 22.6. The number of carbonyl (C=O) groups is 2. The molecule has 2 N–H and O–H groups in total. The molecule has 1 aliphatic heterocycles. The maximum atomic E-state index is 12.9. The van der Waals surface area contributed by atoms with Gasteiger partial charge in [-0.3, -0.25) is 9.78 Å². The van der Waals surface area contributed by atoms with Crippen molar-refractivity contribution in [2.24, 2.45) is 0 Å². The van der Waals surface area contributed by atoms with Crippen molar-refractivity contribution in [3.8, 4) is 0 Å². The number of nitrogens with zero attached hydrogens (tertiary/aromatic N) is 2. The summed E-state index contributed by atoms with van der Waals surface area (Å²) in [6.07, 6.45) is 3.07. The summed E-state index contributed by atoms with van der Waals surface area (Å²) in [6, 6.07) is 17.2. The quantitative estimate of drug-likeness (QED) is 0.568. The predicted molar refractivity (Wildman–Crippen MR) is 131 cm³/mol. The molecule has 2 aromatic carbocycles. The van der Waals surface area contributed by atoms with Crippen LogP contribution in [0.1, 0.15) is 44.0 Å². The van der Waals surface area contributed by atoms with Gasteiger partial charge >= 0.3 is 6.09 Å². The van der Waals surface area contributed by atoms with Gasteiger partial charge in [0.15, 0.2) is 0 Å². The Morgan fingerprint density at radius 2 is 1.73 bits per heavy atom. The first-order chi connectivity index (χ1) is 15.8. The summed E-state index contributed by atoms with van der Waals surface area (Å²) < 4.78 is 5.49. The Bertz CT molecular complexity index is 1130. The molecule has 0 atom stereocenters. The summed E-state index contributed by atoms with van der Waals surface area (Å²) >= 11 is 0. The lowest BCUT2D eigenvalue weighted by atomic mass is 10.0. The zero-order valence-electron chi connectivity index (χ0n) is 19.3. The lowest BCUT2D eigenvalue weighted by Crippen LogP contribution is -2.44. The van der Waals surface area contributed by atoms with Crippen LogP contribution in [0.25, 0.3) is 10.9 Å². The summed E-state index contributed by atoms with van der Waals surface area (Å²) in [6.45, 7) is 6.91. The number of rotatable bonds is 4. The molecule has 2 amide bonds. The fourth-order valence-corrected chi connectivity index (χ4v) is 3.95. The first-order valence-corrected chi connectivity index (χ1v) is 11.3. The number of nitrogens with one attached hydrogen (secondary N) is 2. The smallest absolute Gasteiger partial charge is 0.410 e. The van der Waals surface area contributed by atoms with Crippen molar-refractivity contribution in [3.63, 3.8) is 0 Å². The number of ether oxygens (including phenoxy) is 1. The number of fused-ring (bicyclic) bond motifs is 1. The number of hydrogen-bond acceptors (Lipinski definition) is 5. The van der Waals surface area contributed by atoms with Crippen LogP contribution in [-0.4, -0.2) is 46.6 Å². The fraction of sp³-hybridized carbons (Fsp3) is 0.346. The van der Waals surface area contributed by atoms with E-state index in [0.29, 0.717) is 24.2 Å². The zero-order chi connectivity index (χ0) is 23.4. The highest BCUT2D eigenvalue weighted by Crippen LogP contribution is 2.28. The molecule has 1 fully saturated rings. The average Bonchev–Trinajstić information content (AvgIpc) is 2.79. The van der Waals surface area contributed by atoms with Crippen molar-refractivity contribution in [2.45, 2.75) is 45.3 Å². The van der Waals surface area contributed by atoms with Gasteiger partial charge in [-0.25, -0.2) is 4.79 Å². The van der Waals surface area contributed by atoms with Crippen LogP contribution in [0, 0.1) is 0 Å². The van der Waals surface area contributed by atoms with Crippen LogP contribution in [0.5, 0.6) is 0 Å². The summed E-state index contributed by atoms with van der Waals surface area (Å²) in [5, 5.41) is 7.43. The molecule has 7 nitrogen and oxygen atoms in total. The molecule has 1 aliphatic rings. The molecular formula is C26H30N4O3. The van der Waals surface area contributed by atoms with E-state index in [4.69, 9.17) is 4.74 Å². The number of carbonyl (C=O) groups excluding carboxylic acids is 2. The number of anilines is 2.